The Bertz CT molecular complexity index is 508. The first-order valence-electron chi connectivity index (χ1n) is 6.63. The number of nitro benzene ring substituents is 1. The van der Waals surface area contributed by atoms with Gasteiger partial charge in [0.25, 0.3) is 5.69 Å². The maximum atomic E-state index is 12.3. The van der Waals surface area contributed by atoms with Crippen LogP contribution in [0.3, 0.4) is 0 Å². The SMILES string of the molecule is C[C@H]1CN(C(=O)Cc2ccccc2[N+](=O)[O-])C[C@H](C)O1. The molecule has 0 spiro atoms. The molecule has 2 atom stereocenters. The van der Waals surface area contributed by atoms with Gasteiger partial charge >= 0.3 is 0 Å². The second kappa shape index (κ2) is 6.00. The molecule has 2 rings (SSSR count). The number of carbonyl (C=O) groups is 1. The number of nitrogens with zero attached hydrogens (tertiary/aromatic N) is 2. The normalized spacial score (nSPS) is 22.6. The highest BCUT2D eigenvalue weighted by molar-refractivity contribution is 5.80. The first-order valence-corrected chi connectivity index (χ1v) is 6.63. The average Bonchev–Trinajstić information content (AvgIpc) is 2.37. The quantitative estimate of drug-likeness (QED) is 0.624. The van der Waals surface area contributed by atoms with Gasteiger partial charge in [-0.3, -0.25) is 14.9 Å². The van der Waals surface area contributed by atoms with Crippen molar-refractivity contribution in [3.63, 3.8) is 0 Å². The van der Waals surface area contributed by atoms with Crippen molar-refractivity contribution in [1.29, 1.82) is 0 Å². The number of carbonyl (C=O) groups excluding carboxylic acids is 1. The Morgan fingerprint density at radius 2 is 1.95 bits per heavy atom. The van der Waals surface area contributed by atoms with E-state index in [1.165, 1.54) is 6.07 Å². The number of amides is 1. The molecule has 1 aromatic rings. The minimum atomic E-state index is -0.451. The second-order valence-corrected chi connectivity index (χ2v) is 5.12. The van der Waals surface area contributed by atoms with Gasteiger partial charge in [-0.25, -0.2) is 0 Å². The van der Waals surface area contributed by atoms with Crippen LogP contribution >= 0.6 is 0 Å². The lowest BCUT2D eigenvalue weighted by atomic mass is 10.1. The van der Waals surface area contributed by atoms with E-state index in [-0.39, 0.29) is 30.2 Å². The Morgan fingerprint density at radius 1 is 1.35 bits per heavy atom. The highest BCUT2D eigenvalue weighted by atomic mass is 16.6. The van der Waals surface area contributed by atoms with E-state index in [1.807, 2.05) is 13.8 Å². The van der Waals surface area contributed by atoms with Crippen LogP contribution in [-0.4, -0.2) is 41.0 Å². The fourth-order valence-electron chi connectivity index (χ4n) is 2.49. The molecule has 1 aliphatic heterocycles. The first-order chi connectivity index (χ1) is 9.47. The number of hydrogen-bond donors (Lipinski definition) is 0. The molecule has 0 aromatic heterocycles. The van der Waals surface area contributed by atoms with Crippen LogP contribution in [-0.2, 0) is 16.0 Å². The van der Waals surface area contributed by atoms with Crippen molar-refractivity contribution in [1.82, 2.24) is 4.90 Å². The van der Waals surface area contributed by atoms with Crippen LogP contribution in [0.4, 0.5) is 5.69 Å². The van der Waals surface area contributed by atoms with Gasteiger partial charge in [0.15, 0.2) is 0 Å². The summed E-state index contributed by atoms with van der Waals surface area (Å²) < 4.78 is 5.58. The minimum Gasteiger partial charge on any atom is -0.372 e. The summed E-state index contributed by atoms with van der Waals surface area (Å²) >= 11 is 0. The van der Waals surface area contributed by atoms with Gasteiger partial charge in [-0.15, -0.1) is 0 Å². The van der Waals surface area contributed by atoms with Crippen LogP contribution < -0.4 is 0 Å². The summed E-state index contributed by atoms with van der Waals surface area (Å²) in [4.78, 5) is 24.5. The Labute approximate surface area is 117 Å². The van der Waals surface area contributed by atoms with Gasteiger partial charge in [-0.05, 0) is 13.8 Å². The summed E-state index contributed by atoms with van der Waals surface area (Å²) in [5.41, 5.74) is 0.449. The van der Waals surface area contributed by atoms with E-state index in [1.54, 1.807) is 23.1 Å². The molecule has 0 bridgehead atoms. The third kappa shape index (κ3) is 3.33. The summed E-state index contributed by atoms with van der Waals surface area (Å²) in [5.74, 6) is -0.0960. The lowest BCUT2D eigenvalue weighted by molar-refractivity contribution is -0.385. The van der Waals surface area contributed by atoms with Crippen molar-refractivity contribution >= 4 is 11.6 Å². The first kappa shape index (κ1) is 14.5. The van der Waals surface area contributed by atoms with E-state index < -0.39 is 4.92 Å². The molecule has 6 nitrogen and oxygen atoms in total. The van der Waals surface area contributed by atoms with Gasteiger partial charge < -0.3 is 9.64 Å². The molecule has 20 heavy (non-hydrogen) atoms. The predicted molar refractivity (Wildman–Crippen MR) is 73.4 cm³/mol. The van der Waals surface area contributed by atoms with Crippen molar-refractivity contribution in [3.8, 4) is 0 Å². The fraction of sp³-hybridized carbons (Fsp3) is 0.500. The molecule has 1 amide bonds. The number of nitro groups is 1. The molecule has 1 fully saturated rings. The van der Waals surface area contributed by atoms with Crippen LogP contribution in [0.1, 0.15) is 19.4 Å². The molecule has 0 saturated carbocycles. The summed E-state index contributed by atoms with van der Waals surface area (Å²) in [5, 5.41) is 10.9. The van der Waals surface area contributed by atoms with Crippen LogP contribution in [0.15, 0.2) is 24.3 Å². The summed E-state index contributed by atoms with van der Waals surface area (Å²) in [6.45, 7) is 4.90. The van der Waals surface area contributed by atoms with E-state index in [4.69, 9.17) is 4.74 Å². The van der Waals surface area contributed by atoms with E-state index in [0.717, 1.165) is 0 Å². The summed E-state index contributed by atoms with van der Waals surface area (Å²) in [6.07, 6.45) is 0.0401. The molecule has 1 saturated heterocycles. The van der Waals surface area contributed by atoms with Gasteiger partial charge in [0.1, 0.15) is 0 Å². The van der Waals surface area contributed by atoms with Gasteiger partial charge in [-0.1, -0.05) is 18.2 Å². The van der Waals surface area contributed by atoms with Gasteiger partial charge in [-0.2, -0.15) is 0 Å². The molecular formula is C14H18N2O4. The number of ether oxygens (including phenoxy) is 1. The second-order valence-electron chi connectivity index (χ2n) is 5.12. The van der Waals surface area contributed by atoms with Crippen LogP contribution in [0.25, 0.3) is 0 Å². The van der Waals surface area contributed by atoms with E-state index in [9.17, 15) is 14.9 Å². The average molecular weight is 278 g/mol. The molecule has 0 unspecified atom stereocenters. The van der Waals surface area contributed by atoms with Crippen LogP contribution in [0, 0.1) is 10.1 Å². The number of morpholine rings is 1. The molecule has 108 valence electrons. The lowest BCUT2D eigenvalue weighted by Crippen LogP contribution is -2.48. The zero-order chi connectivity index (χ0) is 14.7. The largest absolute Gasteiger partial charge is 0.372 e. The standard InChI is InChI=1S/C14H18N2O4/c1-10-8-15(9-11(2)20-10)14(17)7-12-5-3-4-6-13(12)16(18)19/h3-6,10-11H,7-9H2,1-2H3/t10-,11-/m0/s1. The zero-order valence-corrected chi connectivity index (χ0v) is 11.6. The van der Waals surface area contributed by atoms with Gasteiger partial charge in [0.2, 0.25) is 5.91 Å². The third-order valence-electron chi connectivity index (χ3n) is 3.30. The molecule has 0 radical (unpaired) electrons. The van der Waals surface area contributed by atoms with Crippen molar-refractivity contribution < 1.29 is 14.5 Å². The summed E-state index contributed by atoms with van der Waals surface area (Å²) in [7, 11) is 0. The molecular weight excluding hydrogens is 260 g/mol. The van der Waals surface area contributed by atoms with E-state index >= 15 is 0 Å². The molecule has 1 aliphatic rings. The third-order valence-corrected chi connectivity index (χ3v) is 3.30. The Kier molecular flexibility index (Phi) is 4.34. The lowest BCUT2D eigenvalue weighted by Gasteiger charge is -2.35. The number of para-hydroxylation sites is 1. The van der Waals surface area contributed by atoms with Crippen molar-refractivity contribution in [2.75, 3.05) is 13.1 Å². The van der Waals surface area contributed by atoms with Crippen LogP contribution in [0.2, 0.25) is 0 Å². The molecule has 6 heteroatoms. The maximum Gasteiger partial charge on any atom is 0.273 e. The molecule has 1 aromatic carbocycles. The zero-order valence-electron chi connectivity index (χ0n) is 11.6. The number of hydrogen-bond acceptors (Lipinski definition) is 4. The monoisotopic (exact) mass is 278 g/mol. The molecule has 0 aliphatic carbocycles. The van der Waals surface area contributed by atoms with Gasteiger partial charge in [0, 0.05) is 24.7 Å². The topological polar surface area (TPSA) is 72.7 Å². The molecule has 1 heterocycles. The number of benzene rings is 1. The highest BCUT2D eigenvalue weighted by Crippen LogP contribution is 2.20. The highest BCUT2D eigenvalue weighted by Gasteiger charge is 2.27. The fourth-order valence-corrected chi connectivity index (χ4v) is 2.49. The van der Waals surface area contributed by atoms with E-state index in [0.29, 0.717) is 18.7 Å². The Balaban J connectivity index is 2.10. The van der Waals surface area contributed by atoms with Crippen molar-refractivity contribution in [2.45, 2.75) is 32.5 Å². The number of rotatable bonds is 3. The maximum absolute atomic E-state index is 12.3. The Hall–Kier alpha value is -1.95. The molecule has 0 N–H and O–H groups in total. The van der Waals surface area contributed by atoms with Crippen molar-refractivity contribution in [2.24, 2.45) is 0 Å². The Morgan fingerprint density at radius 3 is 2.55 bits per heavy atom. The smallest absolute Gasteiger partial charge is 0.273 e. The summed E-state index contributed by atoms with van der Waals surface area (Å²) in [6, 6.07) is 6.36. The minimum absolute atomic E-state index is 0.00444. The van der Waals surface area contributed by atoms with Gasteiger partial charge in [0.05, 0.1) is 23.6 Å². The predicted octanol–water partition coefficient (Wildman–Crippen LogP) is 1.77. The van der Waals surface area contributed by atoms with Crippen LogP contribution in [0.5, 0.6) is 0 Å². The van der Waals surface area contributed by atoms with Crippen molar-refractivity contribution in [3.05, 3.63) is 39.9 Å². The van der Waals surface area contributed by atoms with E-state index in [2.05, 4.69) is 0 Å².